The van der Waals surface area contributed by atoms with Crippen LogP contribution in [0.3, 0.4) is 0 Å². The van der Waals surface area contributed by atoms with Gasteiger partial charge in [0.1, 0.15) is 22.5 Å². The second-order valence-electron chi connectivity index (χ2n) is 11.8. The molecule has 0 radical (unpaired) electrons. The highest BCUT2D eigenvalue weighted by atomic mass is 32.1. The number of aryl methyl sites for hydroxylation is 2. The van der Waals surface area contributed by atoms with Crippen LogP contribution in [0.5, 0.6) is 0 Å². The molecule has 0 N–H and O–H groups in total. The number of benzene rings is 1. The molecule has 3 aliphatic rings. The van der Waals surface area contributed by atoms with Crippen molar-refractivity contribution < 1.29 is 13.9 Å². The number of likely N-dealkylation sites (tertiary alicyclic amines) is 1. The molecular weight excluding hydrogens is 553 g/mol. The number of carbonyl (C=O) groups is 1. The summed E-state index contributed by atoms with van der Waals surface area (Å²) in [5.41, 5.74) is 6.61. The summed E-state index contributed by atoms with van der Waals surface area (Å²) in [4.78, 5) is 24.5. The normalized spacial score (nSPS) is 19.2. The average Bonchev–Trinajstić information content (AvgIpc) is 3.70. The Morgan fingerprint density at radius 2 is 2.02 bits per heavy atom. The molecule has 216 valence electrons. The van der Waals surface area contributed by atoms with Gasteiger partial charge in [-0.3, -0.25) is 4.79 Å². The molecule has 7 rings (SSSR count). The van der Waals surface area contributed by atoms with Crippen LogP contribution in [0, 0.1) is 35.4 Å². The van der Waals surface area contributed by atoms with E-state index in [1.807, 2.05) is 21.4 Å². The molecule has 42 heavy (non-hydrogen) atoms. The van der Waals surface area contributed by atoms with Gasteiger partial charge in [0.05, 0.1) is 29.4 Å². The van der Waals surface area contributed by atoms with Gasteiger partial charge in [-0.05, 0) is 55.7 Å². The second-order valence-corrected chi connectivity index (χ2v) is 12.8. The molecule has 1 amide bonds. The number of nitriles is 1. The molecule has 1 aromatic carbocycles. The summed E-state index contributed by atoms with van der Waals surface area (Å²) >= 11 is 1.32. The standard InChI is InChI=1S/C31H32FN7O2S/c1-4-23-28(36(3)30-34-27(26(12-33)42-30)20-5-7-22(32)8-6-20)25-11-24(19(2)13-39(25)35-23)37-15-31(16-37)17-38(18-31)29(40)21-9-10-41-14-21/h5-8,11,13,21H,4,9-10,14-18H2,1-3H3/t21-/m0/s1. The lowest BCUT2D eigenvalue weighted by atomic mass is 9.72. The molecule has 11 heteroatoms. The topological polar surface area (TPSA) is 90.0 Å². The Balaban J connectivity index is 1.15. The summed E-state index contributed by atoms with van der Waals surface area (Å²) < 4.78 is 20.9. The first-order chi connectivity index (χ1) is 20.3. The third-order valence-electron chi connectivity index (χ3n) is 8.81. The van der Waals surface area contributed by atoms with Gasteiger partial charge in [0.15, 0.2) is 5.13 Å². The van der Waals surface area contributed by atoms with Crippen LogP contribution >= 0.6 is 11.3 Å². The maximum Gasteiger partial charge on any atom is 0.228 e. The van der Waals surface area contributed by atoms with E-state index in [2.05, 4.69) is 37.1 Å². The fraction of sp³-hybridized carbons (Fsp3) is 0.419. The Labute approximate surface area is 247 Å². The predicted molar refractivity (Wildman–Crippen MR) is 160 cm³/mol. The van der Waals surface area contributed by atoms with Crippen molar-refractivity contribution in [3.8, 4) is 17.3 Å². The van der Waals surface area contributed by atoms with Crippen molar-refractivity contribution in [2.24, 2.45) is 11.3 Å². The number of pyridine rings is 1. The molecule has 6 heterocycles. The minimum Gasteiger partial charge on any atom is -0.381 e. The number of ether oxygens (including phenoxy) is 1. The van der Waals surface area contributed by atoms with Crippen LogP contribution < -0.4 is 9.80 Å². The van der Waals surface area contributed by atoms with Crippen molar-refractivity contribution in [3.05, 3.63) is 58.5 Å². The Morgan fingerprint density at radius 3 is 2.69 bits per heavy atom. The van der Waals surface area contributed by atoms with Gasteiger partial charge >= 0.3 is 0 Å². The van der Waals surface area contributed by atoms with Crippen molar-refractivity contribution in [1.82, 2.24) is 19.5 Å². The van der Waals surface area contributed by atoms with Crippen molar-refractivity contribution in [1.29, 1.82) is 5.26 Å². The molecule has 9 nitrogen and oxygen atoms in total. The maximum absolute atomic E-state index is 13.5. The first-order valence-electron chi connectivity index (χ1n) is 14.3. The fourth-order valence-electron chi connectivity index (χ4n) is 6.63. The Kier molecular flexibility index (Phi) is 6.44. The quantitative estimate of drug-likeness (QED) is 0.321. The van der Waals surface area contributed by atoms with Crippen LogP contribution in [0.15, 0.2) is 36.5 Å². The van der Waals surface area contributed by atoms with Crippen LogP contribution in [0.4, 0.5) is 20.9 Å². The third-order valence-corrected chi connectivity index (χ3v) is 9.85. The predicted octanol–water partition coefficient (Wildman–Crippen LogP) is 4.79. The molecule has 1 spiro atoms. The van der Waals surface area contributed by atoms with E-state index in [4.69, 9.17) is 14.8 Å². The Hall–Kier alpha value is -4.01. The smallest absolute Gasteiger partial charge is 0.228 e. The summed E-state index contributed by atoms with van der Waals surface area (Å²) in [5.74, 6) is -0.0510. The summed E-state index contributed by atoms with van der Waals surface area (Å²) in [5, 5.41) is 15.4. The van der Waals surface area contributed by atoms with E-state index < -0.39 is 0 Å². The van der Waals surface area contributed by atoms with Crippen molar-refractivity contribution >= 4 is 39.3 Å². The maximum atomic E-state index is 13.5. The molecule has 3 aromatic heterocycles. The first-order valence-corrected chi connectivity index (χ1v) is 15.1. The third kappa shape index (κ3) is 4.32. The molecule has 3 saturated heterocycles. The number of rotatable bonds is 6. The number of nitrogens with zero attached hydrogens (tertiary/aromatic N) is 7. The van der Waals surface area contributed by atoms with E-state index in [1.165, 1.54) is 29.2 Å². The highest BCUT2D eigenvalue weighted by Gasteiger charge is 2.54. The minimum absolute atomic E-state index is 0.0297. The Morgan fingerprint density at radius 1 is 1.26 bits per heavy atom. The zero-order valence-electron chi connectivity index (χ0n) is 23.9. The molecule has 0 aliphatic carbocycles. The van der Waals surface area contributed by atoms with Crippen molar-refractivity contribution in [3.63, 3.8) is 0 Å². The van der Waals surface area contributed by atoms with Crippen LogP contribution in [-0.2, 0) is 16.0 Å². The van der Waals surface area contributed by atoms with Crippen LogP contribution in [0.1, 0.15) is 29.5 Å². The number of amides is 1. The molecule has 3 aliphatic heterocycles. The molecule has 1 atom stereocenters. The van der Waals surface area contributed by atoms with Gasteiger partial charge in [-0.2, -0.15) is 10.4 Å². The van der Waals surface area contributed by atoms with Gasteiger partial charge in [0.2, 0.25) is 5.91 Å². The molecule has 3 fully saturated rings. The number of hydrogen-bond acceptors (Lipinski definition) is 8. The van der Waals surface area contributed by atoms with Crippen molar-refractivity contribution in [2.75, 3.05) is 56.2 Å². The van der Waals surface area contributed by atoms with Gasteiger partial charge in [0, 0.05) is 62.7 Å². The molecule has 4 aromatic rings. The van der Waals surface area contributed by atoms with Gasteiger partial charge in [-0.15, -0.1) is 0 Å². The van der Waals surface area contributed by atoms with Gasteiger partial charge in [0.25, 0.3) is 0 Å². The van der Waals surface area contributed by atoms with E-state index in [0.717, 1.165) is 61.5 Å². The van der Waals surface area contributed by atoms with E-state index in [9.17, 15) is 14.4 Å². The van der Waals surface area contributed by atoms with Gasteiger partial charge in [-0.1, -0.05) is 18.3 Å². The fourth-order valence-corrected chi connectivity index (χ4v) is 7.48. The molecule has 0 unspecified atom stereocenters. The number of halogens is 1. The lowest BCUT2D eigenvalue weighted by Crippen LogP contribution is -2.73. The SMILES string of the molecule is CCc1nn2cc(C)c(N3CC4(CN(C(=O)[C@H]5CCOC5)C4)C3)cc2c1N(C)c1nc(-c2ccc(F)cc2)c(C#N)s1. The first kappa shape index (κ1) is 26.9. The van der Waals surface area contributed by atoms with Crippen LogP contribution in [-0.4, -0.2) is 71.8 Å². The molecule has 0 saturated carbocycles. The summed E-state index contributed by atoms with van der Waals surface area (Å²) in [7, 11) is 1.96. The van der Waals surface area contributed by atoms with Gasteiger partial charge < -0.3 is 19.4 Å². The highest BCUT2D eigenvalue weighted by Crippen LogP contribution is 2.45. The van der Waals surface area contributed by atoms with E-state index in [-0.39, 0.29) is 23.1 Å². The van der Waals surface area contributed by atoms with Gasteiger partial charge in [-0.25, -0.2) is 13.9 Å². The van der Waals surface area contributed by atoms with Crippen LogP contribution in [0.2, 0.25) is 0 Å². The number of carbonyl (C=O) groups excluding carboxylic acids is 1. The highest BCUT2D eigenvalue weighted by molar-refractivity contribution is 7.16. The largest absolute Gasteiger partial charge is 0.381 e. The number of hydrogen-bond donors (Lipinski definition) is 0. The zero-order chi connectivity index (χ0) is 29.2. The summed E-state index contributed by atoms with van der Waals surface area (Å²) in [6, 6.07) is 10.5. The molecule has 0 bridgehead atoms. The summed E-state index contributed by atoms with van der Waals surface area (Å²) in [6.45, 7) is 8.94. The van der Waals surface area contributed by atoms with Crippen molar-refractivity contribution in [2.45, 2.75) is 26.7 Å². The number of thiazole rings is 1. The number of anilines is 3. The zero-order valence-corrected chi connectivity index (χ0v) is 24.7. The Bertz CT molecular complexity index is 1720. The second kappa shape index (κ2) is 10.1. The number of aromatic nitrogens is 3. The lowest BCUT2D eigenvalue weighted by Gasteiger charge is -2.61. The number of fused-ring (bicyclic) bond motifs is 1. The lowest BCUT2D eigenvalue weighted by molar-refractivity contribution is -0.149. The molecular formula is C31H32FN7O2S. The average molecular weight is 586 g/mol. The van der Waals surface area contributed by atoms with E-state index in [0.29, 0.717) is 34.5 Å². The van der Waals surface area contributed by atoms with Crippen LogP contribution in [0.25, 0.3) is 16.8 Å². The minimum atomic E-state index is -0.328. The summed E-state index contributed by atoms with van der Waals surface area (Å²) in [6.07, 6.45) is 3.65. The monoisotopic (exact) mass is 585 g/mol. The van der Waals surface area contributed by atoms with E-state index >= 15 is 0 Å². The van der Waals surface area contributed by atoms with E-state index in [1.54, 1.807) is 12.1 Å².